The van der Waals surface area contributed by atoms with Crippen LogP contribution in [-0.2, 0) is 7.05 Å². The van der Waals surface area contributed by atoms with Crippen LogP contribution in [0.15, 0.2) is 48.7 Å². The summed E-state index contributed by atoms with van der Waals surface area (Å²) in [5.41, 5.74) is 7.90. The zero-order valence-corrected chi connectivity index (χ0v) is 16.8. The maximum absolute atomic E-state index is 13.2. The lowest BCUT2D eigenvalue weighted by molar-refractivity contribution is -0.286. The molecule has 10 heteroatoms. The topological polar surface area (TPSA) is 101 Å². The first-order chi connectivity index (χ1) is 14.7. The number of benzene rings is 2. The number of fused-ring (bicyclic) bond motifs is 1. The van der Waals surface area contributed by atoms with E-state index in [0.717, 1.165) is 5.69 Å². The number of carbonyl (C=O) groups is 1. The quantitative estimate of drug-likeness (QED) is 0.622. The van der Waals surface area contributed by atoms with Crippen LogP contribution in [0.5, 0.6) is 17.2 Å². The van der Waals surface area contributed by atoms with Crippen molar-refractivity contribution in [3.8, 4) is 28.5 Å². The SMILES string of the molecule is C[C@@H](N)COc1ccc(NC(=O)c2ccc3c(c2)OC(F)(F)O3)cc1-c1ccnn1C. The lowest BCUT2D eigenvalue weighted by Crippen LogP contribution is -2.25. The molecule has 0 saturated carbocycles. The molecule has 0 saturated heterocycles. The fraction of sp³-hybridized carbons (Fsp3) is 0.238. The minimum atomic E-state index is -3.74. The molecule has 162 valence electrons. The van der Waals surface area contributed by atoms with E-state index in [9.17, 15) is 13.6 Å². The summed E-state index contributed by atoms with van der Waals surface area (Å²) >= 11 is 0. The number of amides is 1. The summed E-state index contributed by atoms with van der Waals surface area (Å²) in [6.45, 7) is 2.15. The van der Waals surface area contributed by atoms with Gasteiger partial charge in [0.05, 0.1) is 5.69 Å². The molecule has 8 nitrogen and oxygen atoms in total. The summed E-state index contributed by atoms with van der Waals surface area (Å²) < 4.78 is 42.7. The third kappa shape index (κ3) is 4.43. The highest BCUT2D eigenvalue weighted by molar-refractivity contribution is 6.05. The fourth-order valence-electron chi connectivity index (χ4n) is 3.09. The third-order valence-corrected chi connectivity index (χ3v) is 4.50. The van der Waals surface area contributed by atoms with Crippen LogP contribution in [0, 0.1) is 0 Å². The summed E-state index contributed by atoms with van der Waals surface area (Å²) in [5, 5.41) is 6.93. The van der Waals surface area contributed by atoms with E-state index in [4.69, 9.17) is 10.5 Å². The molecular weight excluding hydrogens is 410 g/mol. The predicted molar refractivity (Wildman–Crippen MR) is 108 cm³/mol. The smallest absolute Gasteiger partial charge is 0.491 e. The van der Waals surface area contributed by atoms with Crippen LogP contribution < -0.4 is 25.3 Å². The Labute approximate surface area is 176 Å². The van der Waals surface area contributed by atoms with E-state index in [-0.39, 0.29) is 23.1 Å². The number of rotatable bonds is 6. The molecule has 0 bridgehead atoms. The maximum atomic E-state index is 13.2. The summed E-state index contributed by atoms with van der Waals surface area (Å²) in [6, 6.07) is 10.6. The van der Waals surface area contributed by atoms with Gasteiger partial charge in [-0.05, 0) is 49.4 Å². The van der Waals surface area contributed by atoms with Gasteiger partial charge >= 0.3 is 6.29 Å². The Kier molecular flexibility index (Phi) is 5.24. The number of aryl methyl sites for hydroxylation is 1. The van der Waals surface area contributed by atoms with E-state index in [1.807, 2.05) is 13.0 Å². The van der Waals surface area contributed by atoms with Gasteiger partial charge in [0.15, 0.2) is 11.5 Å². The van der Waals surface area contributed by atoms with Crippen molar-refractivity contribution < 1.29 is 27.8 Å². The molecule has 1 aliphatic rings. The van der Waals surface area contributed by atoms with Crippen molar-refractivity contribution in [1.82, 2.24) is 9.78 Å². The van der Waals surface area contributed by atoms with Crippen LogP contribution >= 0.6 is 0 Å². The number of nitrogens with zero attached hydrogens (tertiary/aromatic N) is 2. The first-order valence-corrected chi connectivity index (χ1v) is 9.44. The largest absolute Gasteiger partial charge is 0.586 e. The summed E-state index contributed by atoms with van der Waals surface area (Å²) in [5.74, 6) is -0.241. The Balaban J connectivity index is 1.59. The van der Waals surface area contributed by atoms with E-state index in [0.29, 0.717) is 23.6 Å². The van der Waals surface area contributed by atoms with Gasteiger partial charge in [0.1, 0.15) is 12.4 Å². The van der Waals surface area contributed by atoms with E-state index in [1.54, 1.807) is 36.1 Å². The number of hydrogen-bond acceptors (Lipinski definition) is 6. The Morgan fingerprint density at radius 3 is 2.71 bits per heavy atom. The summed E-state index contributed by atoms with van der Waals surface area (Å²) in [4.78, 5) is 12.7. The van der Waals surface area contributed by atoms with Crippen LogP contribution in [0.2, 0.25) is 0 Å². The molecule has 1 aromatic heterocycles. The lowest BCUT2D eigenvalue weighted by Gasteiger charge is -2.15. The Bertz CT molecular complexity index is 1130. The van der Waals surface area contributed by atoms with Crippen molar-refractivity contribution in [2.75, 3.05) is 11.9 Å². The molecule has 3 aromatic rings. The van der Waals surface area contributed by atoms with Crippen molar-refractivity contribution in [2.24, 2.45) is 12.8 Å². The fourth-order valence-corrected chi connectivity index (χ4v) is 3.09. The van der Waals surface area contributed by atoms with Crippen molar-refractivity contribution in [2.45, 2.75) is 19.3 Å². The lowest BCUT2D eigenvalue weighted by atomic mass is 10.1. The molecule has 1 atom stereocenters. The highest BCUT2D eigenvalue weighted by Gasteiger charge is 2.43. The number of aromatic nitrogens is 2. The number of halogens is 2. The molecule has 1 aliphatic heterocycles. The van der Waals surface area contributed by atoms with Gasteiger partial charge in [0.2, 0.25) is 0 Å². The molecule has 0 spiro atoms. The molecule has 4 rings (SSSR count). The summed E-state index contributed by atoms with van der Waals surface area (Å²) in [7, 11) is 1.79. The number of hydrogen-bond donors (Lipinski definition) is 2. The van der Waals surface area contributed by atoms with Crippen LogP contribution in [-0.4, -0.2) is 34.6 Å². The van der Waals surface area contributed by atoms with Gasteiger partial charge < -0.3 is 25.3 Å². The number of carbonyl (C=O) groups excluding carboxylic acids is 1. The molecule has 1 amide bonds. The molecule has 2 aromatic carbocycles. The van der Waals surface area contributed by atoms with E-state index < -0.39 is 12.2 Å². The highest BCUT2D eigenvalue weighted by atomic mass is 19.3. The Hall–Kier alpha value is -3.66. The zero-order valence-electron chi connectivity index (χ0n) is 16.8. The molecule has 0 unspecified atom stereocenters. The average molecular weight is 430 g/mol. The molecule has 31 heavy (non-hydrogen) atoms. The second-order valence-electron chi connectivity index (χ2n) is 7.12. The number of anilines is 1. The van der Waals surface area contributed by atoms with Crippen molar-refractivity contribution in [3.05, 3.63) is 54.2 Å². The van der Waals surface area contributed by atoms with Gasteiger partial charge in [-0.3, -0.25) is 9.48 Å². The molecule has 2 heterocycles. The molecular formula is C21H20F2N4O4. The van der Waals surface area contributed by atoms with Crippen LogP contribution in [0.1, 0.15) is 17.3 Å². The maximum Gasteiger partial charge on any atom is 0.586 e. The van der Waals surface area contributed by atoms with E-state index in [1.165, 1.54) is 18.2 Å². The third-order valence-electron chi connectivity index (χ3n) is 4.50. The monoisotopic (exact) mass is 430 g/mol. The average Bonchev–Trinajstić information content (AvgIpc) is 3.26. The molecule has 3 N–H and O–H groups in total. The number of nitrogens with two attached hydrogens (primary N) is 1. The zero-order chi connectivity index (χ0) is 22.2. The normalized spacial score (nSPS) is 14.9. The number of alkyl halides is 2. The number of ether oxygens (including phenoxy) is 3. The van der Waals surface area contributed by atoms with Gasteiger partial charge in [-0.15, -0.1) is 8.78 Å². The van der Waals surface area contributed by atoms with E-state index >= 15 is 0 Å². The minimum Gasteiger partial charge on any atom is -0.491 e. The molecule has 0 radical (unpaired) electrons. The van der Waals surface area contributed by atoms with Gasteiger partial charge in [-0.2, -0.15) is 5.10 Å². The highest BCUT2D eigenvalue weighted by Crippen LogP contribution is 2.41. The van der Waals surface area contributed by atoms with Crippen molar-refractivity contribution >= 4 is 11.6 Å². The first-order valence-electron chi connectivity index (χ1n) is 9.44. The second-order valence-corrected chi connectivity index (χ2v) is 7.12. The van der Waals surface area contributed by atoms with Crippen molar-refractivity contribution in [3.63, 3.8) is 0 Å². The Morgan fingerprint density at radius 1 is 1.23 bits per heavy atom. The second kappa shape index (κ2) is 7.88. The van der Waals surface area contributed by atoms with Crippen LogP contribution in [0.4, 0.5) is 14.5 Å². The molecule has 0 fully saturated rings. The van der Waals surface area contributed by atoms with Gasteiger partial charge in [0.25, 0.3) is 5.91 Å². The van der Waals surface area contributed by atoms with Crippen LogP contribution in [0.25, 0.3) is 11.3 Å². The van der Waals surface area contributed by atoms with Gasteiger partial charge in [-0.1, -0.05) is 0 Å². The van der Waals surface area contributed by atoms with Gasteiger partial charge in [-0.25, -0.2) is 0 Å². The summed E-state index contributed by atoms with van der Waals surface area (Å²) in [6.07, 6.45) is -2.09. The number of nitrogens with one attached hydrogen (secondary N) is 1. The van der Waals surface area contributed by atoms with Crippen molar-refractivity contribution in [1.29, 1.82) is 0 Å². The first kappa shape index (κ1) is 20.6. The van der Waals surface area contributed by atoms with Crippen LogP contribution in [0.3, 0.4) is 0 Å². The standard InChI is InChI=1S/C21H20F2N4O4/c1-12(24)11-29-17-6-4-14(10-15(17)16-7-8-25-27(16)2)26-20(28)13-3-5-18-19(9-13)31-21(22,23)30-18/h3-10,12H,11,24H2,1-2H3,(H,26,28)/t12-/m1/s1. The molecule has 0 aliphatic carbocycles. The van der Waals surface area contributed by atoms with E-state index in [2.05, 4.69) is 19.9 Å². The Morgan fingerprint density at radius 2 is 2.00 bits per heavy atom. The van der Waals surface area contributed by atoms with Gasteiger partial charge in [0, 0.05) is 36.1 Å². The minimum absolute atomic E-state index is 0.129. The predicted octanol–water partition coefficient (Wildman–Crippen LogP) is 3.39.